The van der Waals surface area contributed by atoms with Crippen LogP contribution in [0.5, 0.6) is 0 Å². The van der Waals surface area contributed by atoms with Crippen LogP contribution in [0.15, 0.2) is 58.3 Å². The van der Waals surface area contributed by atoms with Crippen LogP contribution in [0.25, 0.3) is 0 Å². The zero-order valence-electron chi connectivity index (χ0n) is 13.0. The maximum Gasteiger partial charge on any atom is 0.0376 e. The fourth-order valence-corrected chi connectivity index (χ4v) is 3.97. The van der Waals surface area contributed by atoms with E-state index >= 15 is 0 Å². The number of fused-ring (bicyclic) bond motifs is 1. The van der Waals surface area contributed by atoms with Gasteiger partial charge in [0.05, 0.1) is 0 Å². The van der Waals surface area contributed by atoms with Crippen molar-refractivity contribution in [2.45, 2.75) is 42.9 Å². The average Bonchev–Trinajstić information content (AvgIpc) is 2.46. The van der Waals surface area contributed by atoms with Crippen LogP contribution < -0.4 is 5.32 Å². The zero-order chi connectivity index (χ0) is 14.9. The number of rotatable bonds is 2. The fraction of sp³-hybridized carbons (Fsp3) is 0.368. The van der Waals surface area contributed by atoms with E-state index in [1.807, 2.05) is 11.8 Å². The van der Waals surface area contributed by atoms with E-state index in [0.717, 1.165) is 6.54 Å². The van der Waals surface area contributed by atoms with Gasteiger partial charge in [0.2, 0.25) is 0 Å². The van der Waals surface area contributed by atoms with E-state index in [0.29, 0.717) is 11.3 Å². The van der Waals surface area contributed by atoms with Crippen molar-refractivity contribution in [3.8, 4) is 0 Å². The van der Waals surface area contributed by atoms with E-state index < -0.39 is 0 Å². The predicted octanol–water partition coefficient (Wildman–Crippen LogP) is 5.78. The van der Waals surface area contributed by atoms with Crippen LogP contribution in [-0.4, -0.2) is 6.54 Å². The maximum atomic E-state index is 3.55. The molecule has 1 nitrogen and oxygen atoms in total. The van der Waals surface area contributed by atoms with Gasteiger partial charge in [-0.1, -0.05) is 50.7 Å². The highest BCUT2D eigenvalue weighted by molar-refractivity contribution is 7.99. The average molecular weight is 297 g/mol. The Morgan fingerprint density at radius 1 is 1.00 bits per heavy atom. The van der Waals surface area contributed by atoms with Gasteiger partial charge in [0, 0.05) is 22.0 Å². The molecule has 2 aromatic carbocycles. The van der Waals surface area contributed by atoms with Gasteiger partial charge in [0.1, 0.15) is 0 Å². The molecule has 0 radical (unpaired) electrons. The maximum absolute atomic E-state index is 3.55. The van der Waals surface area contributed by atoms with Gasteiger partial charge < -0.3 is 5.32 Å². The van der Waals surface area contributed by atoms with Crippen LogP contribution in [0.1, 0.15) is 38.7 Å². The molecule has 1 N–H and O–H groups in total. The van der Waals surface area contributed by atoms with Crippen LogP contribution in [-0.2, 0) is 0 Å². The van der Waals surface area contributed by atoms with E-state index in [4.69, 9.17) is 0 Å². The van der Waals surface area contributed by atoms with E-state index in [2.05, 4.69) is 74.6 Å². The van der Waals surface area contributed by atoms with Gasteiger partial charge in [-0.15, -0.1) is 0 Å². The molecule has 2 aromatic rings. The molecule has 110 valence electrons. The molecule has 2 heteroatoms. The Morgan fingerprint density at radius 2 is 1.76 bits per heavy atom. The summed E-state index contributed by atoms with van der Waals surface area (Å²) in [5.41, 5.74) is 3.11. The summed E-state index contributed by atoms with van der Waals surface area (Å²) in [5.74, 6) is 0.630. The summed E-state index contributed by atoms with van der Waals surface area (Å²) in [6, 6.07) is 17.5. The van der Waals surface area contributed by atoms with Gasteiger partial charge >= 0.3 is 0 Å². The SMILES string of the molecule is CC(C)(C)C1CCNc2ccc(Sc3ccccc3)cc21. The van der Waals surface area contributed by atoms with Crippen LogP contribution >= 0.6 is 11.8 Å². The van der Waals surface area contributed by atoms with Crippen molar-refractivity contribution < 1.29 is 0 Å². The second kappa shape index (κ2) is 5.76. The van der Waals surface area contributed by atoms with E-state index in [9.17, 15) is 0 Å². The molecule has 1 heterocycles. The summed E-state index contributed by atoms with van der Waals surface area (Å²) in [6.45, 7) is 8.14. The Kier molecular flexibility index (Phi) is 3.99. The fourth-order valence-electron chi connectivity index (χ4n) is 3.08. The quantitative estimate of drug-likeness (QED) is 0.753. The summed E-state index contributed by atoms with van der Waals surface area (Å²) in [5, 5.41) is 3.55. The monoisotopic (exact) mass is 297 g/mol. The van der Waals surface area contributed by atoms with E-state index in [1.165, 1.54) is 27.5 Å². The Hall–Kier alpha value is -1.41. The van der Waals surface area contributed by atoms with Gasteiger partial charge in [-0.2, -0.15) is 0 Å². The number of hydrogen-bond acceptors (Lipinski definition) is 2. The molecule has 1 unspecified atom stereocenters. The Balaban J connectivity index is 1.92. The standard InChI is InChI=1S/C19H23NS/c1-19(2,3)17-11-12-20-18-10-9-15(13-16(17)18)21-14-7-5-4-6-8-14/h4-10,13,17,20H,11-12H2,1-3H3. The van der Waals surface area contributed by atoms with E-state index in [-0.39, 0.29) is 0 Å². The molecule has 0 bridgehead atoms. The lowest BCUT2D eigenvalue weighted by atomic mass is 9.73. The number of anilines is 1. The largest absolute Gasteiger partial charge is 0.385 e. The molecule has 1 atom stereocenters. The summed E-state index contributed by atoms with van der Waals surface area (Å²) in [6.07, 6.45) is 1.22. The predicted molar refractivity (Wildman–Crippen MR) is 92.3 cm³/mol. The lowest BCUT2D eigenvalue weighted by Crippen LogP contribution is -2.26. The minimum atomic E-state index is 0.312. The lowest BCUT2D eigenvalue weighted by Gasteiger charge is -2.36. The molecule has 21 heavy (non-hydrogen) atoms. The van der Waals surface area contributed by atoms with Crippen molar-refractivity contribution in [1.29, 1.82) is 0 Å². The molecule has 0 amide bonds. The molecule has 0 fully saturated rings. The van der Waals surface area contributed by atoms with Gasteiger partial charge in [0.15, 0.2) is 0 Å². The van der Waals surface area contributed by atoms with Crippen molar-refractivity contribution in [1.82, 2.24) is 0 Å². The summed E-state index contributed by atoms with van der Waals surface area (Å²) in [4.78, 5) is 2.63. The normalized spacial score (nSPS) is 18.0. The van der Waals surface area contributed by atoms with Crippen LogP contribution in [0.2, 0.25) is 0 Å². The first-order valence-corrected chi connectivity index (χ1v) is 8.46. The molecular formula is C19H23NS. The minimum absolute atomic E-state index is 0.312. The first kappa shape index (κ1) is 14.5. The molecule has 1 aliphatic rings. The van der Waals surface area contributed by atoms with Crippen molar-refractivity contribution >= 4 is 17.4 Å². The van der Waals surface area contributed by atoms with Gasteiger partial charge in [-0.3, -0.25) is 0 Å². The van der Waals surface area contributed by atoms with Crippen LogP contribution in [0, 0.1) is 5.41 Å². The highest BCUT2D eigenvalue weighted by atomic mass is 32.2. The number of benzene rings is 2. The summed E-state index contributed by atoms with van der Waals surface area (Å²) >= 11 is 1.85. The molecule has 1 aliphatic heterocycles. The first-order chi connectivity index (χ1) is 10.0. The second-order valence-corrected chi connectivity index (χ2v) is 7.95. The third-order valence-electron chi connectivity index (χ3n) is 4.17. The third-order valence-corrected chi connectivity index (χ3v) is 5.17. The third kappa shape index (κ3) is 3.26. The minimum Gasteiger partial charge on any atom is -0.385 e. The van der Waals surface area contributed by atoms with Crippen molar-refractivity contribution in [2.75, 3.05) is 11.9 Å². The Bertz CT molecular complexity index is 613. The molecule has 0 aliphatic carbocycles. The zero-order valence-corrected chi connectivity index (χ0v) is 13.8. The highest BCUT2D eigenvalue weighted by Crippen LogP contribution is 2.44. The first-order valence-electron chi connectivity index (χ1n) is 7.65. The molecule has 0 saturated carbocycles. The van der Waals surface area contributed by atoms with Crippen molar-refractivity contribution in [2.24, 2.45) is 5.41 Å². The van der Waals surface area contributed by atoms with E-state index in [1.54, 1.807) is 0 Å². The highest BCUT2D eigenvalue weighted by Gasteiger charge is 2.30. The number of hydrogen-bond donors (Lipinski definition) is 1. The summed E-state index contributed by atoms with van der Waals surface area (Å²) < 4.78 is 0. The molecular weight excluding hydrogens is 274 g/mol. The molecule has 0 spiro atoms. The lowest BCUT2D eigenvalue weighted by molar-refractivity contribution is 0.305. The van der Waals surface area contributed by atoms with Gasteiger partial charge in [-0.05, 0) is 53.6 Å². The summed E-state index contributed by atoms with van der Waals surface area (Å²) in [7, 11) is 0. The molecule has 0 saturated heterocycles. The van der Waals surface area contributed by atoms with Crippen LogP contribution in [0.4, 0.5) is 5.69 Å². The van der Waals surface area contributed by atoms with Gasteiger partial charge in [0.25, 0.3) is 0 Å². The second-order valence-electron chi connectivity index (χ2n) is 6.80. The van der Waals surface area contributed by atoms with Crippen molar-refractivity contribution in [3.05, 3.63) is 54.1 Å². The topological polar surface area (TPSA) is 12.0 Å². The Labute approximate surface area is 132 Å². The molecule has 3 rings (SSSR count). The smallest absolute Gasteiger partial charge is 0.0376 e. The molecule has 0 aromatic heterocycles. The number of nitrogens with one attached hydrogen (secondary N) is 1. The van der Waals surface area contributed by atoms with Crippen molar-refractivity contribution in [3.63, 3.8) is 0 Å². The van der Waals surface area contributed by atoms with Crippen LogP contribution in [0.3, 0.4) is 0 Å². The Morgan fingerprint density at radius 3 is 2.48 bits per heavy atom. The van der Waals surface area contributed by atoms with Gasteiger partial charge in [-0.25, -0.2) is 0 Å².